The van der Waals surface area contributed by atoms with Crippen LogP contribution in [0.4, 0.5) is 0 Å². The van der Waals surface area contributed by atoms with Gasteiger partial charge in [-0.1, -0.05) is 12.1 Å². The maximum absolute atomic E-state index is 12.7. The van der Waals surface area contributed by atoms with E-state index >= 15 is 0 Å². The number of aliphatic hydroxyl groups is 4. The van der Waals surface area contributed by atoms with Gasteiger partial charge in [-0.3, -0.25) is 0 Å². The minimum absolute atomic E-state index is 0.00553. The van der Waals surface area contributed by atoms with E-state index in [4.69, 9.17) is 18.6 Å². The van der Waals surface area contributed by atoms with Crippen LogP contribution in [0, 0.1) is 0 Å². The molecule has 0 bridgehead atoms. The van der Waals surface area contributed by atoms with Gasteiger partial charge in [-0.25, -0.2) is 9.21 Å². The van der Waals surface area contributed by atoms with Crippen LogP contribution < -0.4 is 9.47 Å². The first-order valence-corrected chi connectivity index (χ1v) is 12.9. The SMILES string of the molecule is O=C(C=Cc1ccc(O)cc1)Oc1cc(O)cc2[o+]c(-c3ccc(O)c(O)c3)c(O[C@@H]3O[C@H](CO)[C@@H](O)[C@H](O)[C@H]3O)cc12. The Hall–Kier alpha value is -4.92. The van der Waals surface area contributed by atoms with Crippen LogP contribution in [-0.2, 0) is 9.53 Å². The number of aromatic hydroxyl groups is 4. The van der Waals surface area contributed by atoms with Crippen molar-refractivity contribution >= 4 is 23.0 Å². The van der Waals surface area contributed by atoms with E-state index in [2.05, 4.69) is 0 Å². The molecule has 0 spiro atoms. The summed E-state index contributed by atoms with van der Waals surface area (Å²) in [6.07, 6.45) is -5.52. The van der Waals surface area contributed by atoms with Crippen molar-refractivity contribution in [3.63, 3.8) is 0 Å². The van der Waals surface area contributed by atoms with Crippen molar-refractivity contribution in [3.05, 3.63) is 72.3 Å². The van der Waals surface area contributed by atoms with Crippen LogP contribution in [0.5, 0.6) is 34.5 Å². The summed E-state index contributed by atoms with van der Waals surface area (Å²) in [5.41, 5.74) is 0.757. The van der Waals surface area contributed by atoms with Gasteiger partial charge < -0.3 is 55.1 Å². The summed E-state index contributed by atoms with van der Waals surface area (Å²) in [5.74, 6) is -2.46. The maximum atomic E-state index is 12.7. The van der Waals surface area contributed by atoms with Gasteiger partial charge in [0.15, 0.2) is 17.2 Å². The third-order valence-corrected chi connectivity index (χ3v) is 6.64. The van der Waals surface area contributed by atoms with Gasteiger partial charge in [0, 0.05) is 24.3 Å². The molecule has 13 nitrogen and oxygen atoms in total. The zero-order valence-electron chi connectivity index (χ0n) is 22.1. The second kappa shape index (κ2) is 12.1. The lowest BCUT2D eigenvalue weighted by Gasteiger charge is -2.39. The average Bonchev–Trinajstić information content (AvgIpc) is 2.98. The van der Waals surface area contributed by atoms with Gasteiger partial charge in [0.1, 0.15) is 41.3 Å². The van der Waals surface area contributed by atoms with Crippen LogP contribution in [0.15, 0.2) is 71.2 Å². The van der Waals surface area contributed by atoms with E-state index in [1.807, 2.05) is 0 Å². The predicted octanol–water partition coefficient (Wildman–Crippen LogP) is 2.00. The Morgan fingerprint density at radius 2 is 1.58 bits per heavy atom. The minimum atomic E-state index is -1.78. The highest BCUT2D eigenvalue weighted by atomic mass is 16.7. The summed E-state index contributed by atoms with van der Waals surface area (Å²) in [4.78, 5) is 12.7. The quantitative estimate of drug-likeness (QED) is 0.0505. The Labute approximate surface area is 242 Å². The Morgan fingerprint density at radius 1 is 0.837 bits per heavy atom. The van der Waals surface area contributed by atoms with Crippen LogP contribution in [0.3, 0.4) is 0 Å². The van der Waals surface area contributed by atoms with E-state index in [9.17, 15) is 45.6 Å². The zero-order chi connectivity index (χ0) is 30.8. The number of rotatable bonds is 7. The molecule has 3 aromatic carbocycles. The number of esters is 1. The first kappa shape index (κ1) is 29.6. The molecule has 0 radical (unpaired) electrons. The van der Waals surface area contributed by atoms with Crippen molar-refractivity contribution in [3.8, 4) is 45.8 Å². The van der Waals surface area contributed by atoms with Crippen LogP contribution in [-0.4, -0.2) is 84.1 Å². The smallest absolute Gasteiger partial charge is 0.402 e. The van der Waals surface area contributed by atoms with Crippen molar-refractivity contribution in [1.29, 1.82) is 0 Å². The number of benzene rings is 3. The molecular weight excluding hydrogens is 568 g/mol. The first-order chi connectivity index (χ1) is 20.5. The van der Waals surface area contributed by atoms with Crippen LogP contribution in [0.2, 0.25) is 0 Å². The molecule has 0 aliphatic carbocycles. The van der Waals surface area contributed by atoms with E-state index in [1.165, 1.54) is 42.5 Å². The van der Waals surface area contributed by atoms with Gasteiger partial charge >= 0.3 is 17.3 Å². The van der Waals surface area contributed by atoms with E-state index < -0.39 is 54.8 Å². The molecular formula is C30H27O13+. The molecule has 1 aliphatic rings. The normalized spacial score (nSPS) is 22.1. The molecule has 0 unspecified atom stereocenters. The van der Waals surface area contributed by atoms with Gasteiger partial charge in [0.2, 0.25) is 12.0 Å². The monoisotopic (exact) mass is 595 g/mol. The number of hydrogen-bond acceptors (Lipinski definition) is 12. The van der Waals surface area contributed by atoms with E-state index in [-0.39, 0.29) is 45.3 Å². The molecule has 13 heteroatoms. The molecule has 5 rings (SSSR count). The fraction of sp³-hybridized carbons (Fsp3) is 0.200. The summed E-state index contributed by atoms with van der Waals surface area (Å²) < 4.78 is 22.8. The van der Waals surface area contributed by atoms with Crippen LogP contribution in [0.1, 0.15) is 5.56 Å². The Balaban J connectivity index is 1.56. The lowest BCUT2D eigenvalue weighted by atomic mass is 9.99. The first-order valence-electron chi connectivity index (χ1n) is 12.9. The summed E-state index contributed by atoms with van der Waals surface area (Å²) >= 11 is 0. The molecule has 1 aromatic heterocycles. The molecule has 1 aliphatic heterocycles. The third-order valence-electron chi connectivity index (χ3n) is 6.64. The number of phenolic OH excluding ortho intramolecular Hbond substituents is 4. The maximum Gasteiger partial charge on any atom is 0.402 e. The van der Waals surface area contributed by atoms with Crippen molar-refractivity contribution in [1.82, 2.24) is 0 Å². The lowest BCUT2D eigenvalue weighted by molar-refractivity contribution is -0.277. The highest BCUT2D eigenvalue weighted by Gasteiger charge is 2.45. The van der Waals surface area contributed by atoms with Gasteiger partial charge in [0.25, 0.3) is 0 Å². The van der Waals surface area contributed by atoms with E-state index in [0.29, 0.717) is 5.56 Å². The minimum Gasteiger partial charge on any atom is -0.508 e. The summed E-state index contributed by atoms with van der Waals surface area (Å²) in [6, 6.07) is 13.4. The van der Waals surface area contributed by atoms with Crippen molar-refractivity contribution < 1.29 is 64.3 Å². The lowest BCUT2D eigenvalue weighted by Crippen LogP contribution is -2.60. The number of hydrogen-bond donors (Lipinski definition) is 8. The highest BCUT2D eigenvalue weighted by Crippen LogP contribution is 2.42. The van der Waals surface area contributed by atoms with Crippen molar-refractivity contribution in [2.75, 3.05) is 6.61 Å². The Bertz CT molecular complexity index is 1670. The molecule has 1 saturated heterocycles. The standard InChI is InChI=1S/C30H26O13/c31-13-24-26(37)27(38)28(39)30(43-24)42-23-12-18-21(40-25(36)8-3-14-1-5-16(32)6-2-14)10-17(33)11-22(18)41-29(23)15-4-7-19(34)20(35)9-15/h1-12,24,26-28,30-31,37-39H,13H2,(H3-,32,33,34,35,36)/p+1/t24-,26-,27+,28-,30-/m1/s1. The summed E-state index contributed by atoms with van der Waals surface area (Å²) in [5, 5.41) is 80.2. The van der Waals surface area contributed by atoms with Crippen LogP contribution in [0.25, 0.3) is 28.4 Å². The second-order valence-electron chi connectivity index (χ2n) is 9.66. The number of aliphatic hydroxyl groups excluding tert-OH is 4. The number of phenols is 4. The zero-order valence-corrected chi connectivity index (χ0v) is 22.1. The van der Waals surface area contributed by atoms with Gasteiger partial charge in [-0.05, 0) is 35.9 Å². The number of ether oxygens (including phenoxy) is 3. The molecule has 1 fully saturated rings. The molecule has 43 heavy (non-hydrogen) atoms. The largest absolute Gasteiger partial charge is 0.508 e. The van der Waals surface area contributed by atoms with Gasteiger partial charge in [-0.2, -0.15) is 0 Å². The second-order valence-corrected chi connectivity index (χ2v) is 9.66. The molecule has 8 N–H and O–H groups in total. The number of fused-ring (bicyclic) bond motifs is 1. The Morgan fingerprint density at radius 3 is 2.28 bits per heavy atom. The topological polar surface area (TPSA) is 218 Å². The predicted molar refractivity (Wildman–Crippen MR) is 148 cm³/mol. The van der Waals surface area contributed by atoms with E-state index in [0.717, 1.165) is 18.2 Å². The average molecular weight is 596 g/mol. The van der Waals surface area contributed by atoms with Crippen molar-refractivity contribution in [2.45, 2.75) is 30.7 Å². The molecule has 0 amide bonds. The Kier molecular flexibility index (Phi) is 8.34. The fourth-order valence-corrected chi connectivity index (χ4v) is 4.39. The fourth-order valence-electron chi connectivity index (χ4n) is 4.39. The molecule has 5 atom stereocenters. The summed E-state index contributed by atoms with van der Waals surface area (Å²) in [7, 11) is 0. The number of carbonyl (C=O) groups excluding carboxylic acids is 1. The van der Waals surface area contributed by atoms with Gasteiger partial charge in [0.05, 0.1) is 18.2 Å². The third kappa shape index (κ3) is 6.30. The summed E-state index contributed by atoms with van der Waals surface area (Å²) in [6.45, 7) is -0.706. The van der Waals surface area contributed by atoms with E-state index in [1.54, 1.807) is 12.1 Å². The molecule has 4 aromatic rings. The molecule has 224 valence electrons. The number of carbonyl (C=O) groups is 1. The van der Waals surface area contributed by atoms with Crippen LogP contribution >= 0.6 is 0 Å². The highest BCUT2D eigenvalue weighted by molar-refractivity contribution is 5.94. The molecule has 0 saturated carbocycles. The van der Waals surface area contributed by atoms with Gasteiger partial charge in [-0.15, -0.1) is 0 Å². The van der Waals surface area contributed by atoms with Crippen molar-refractivity contribution in [2.24, 2.45) is 0 Å². The molecule has 2 heterocycles.